The molecule has 0 aliphatic carbocycles. The summed E-state index contributed by atoms with van der Waals surface area (Å²) >= 11 is 5.70. The zero-order valence-electron chi connectivity index (χ0n) is 12.5. The molecule has 1 amide bonds. The van der Waals surface area contributed by atoms with E-state index in [9.17, 15) is 4.79 Å². The Morgan fingerprint density at radius 1 is 1.14 bits per heavy atom. The predicted molar refractivity (Wildman–Crippen MR) is 83.2 cm³/mol. The number of hydrogen-bond donors (Lipinski definition) is 0. The highest BCUT2D eigenvalue weighted by molar-refractivity contribution is 6.27. The molecule has 0 aliphatic rings. The van der Waals surface area contributed by atoms with E-state index in [1.54, 1.807) is 31.6 Å². The summed E-state index contributed by atoms with van der Waals surface area (Å²) in [6.07, 6.45) is 3.19. The van der Waals surface area contributed by atoms with Crippen LogP contribution in [0.5, 0.6) is 11.5 Å². The van der Waals surface area contributed by atoms with Gasteiger partial charge in [-0.05, 0) is 23.8 Å². The third-order valence-electron chi connectivity index (χ3n) is 3.24. The van der Waals surface area contributed by atoms with E-state index >= 15 is 0 Å². The minimum atomic E-state index is -0.141. The van der Waals surface area contributed by atoms with Crippen LogP contribution in [-0.2, 0) is 17.9 Å². The van der Waals surface area contributed by atoms with Crippen molar-refractivity contribution in [1.82, 2.24) is 4.90 Å². The number of carbonyl (C=O) groups excluding carboxylic acids is 1. The van der Waals surface area contributed by atoms with Crippen LogP contribution in [0.4, 0.5) is 0 Å². The molecule has 1 heterocycles. The summed E-state index contributed by atoms with van der Waals surface area (Å²) in [5.41, 5.74) is 1.85. The van der Waals surface area contributed by atoms with E-state index in [1.165, 1.54) is 0 Å². The highest BCUT2D eigenvalue weighted by Gasteiger charge is 2.15. The lowest BCUT2D eigenvalue weighted by molar-refractivity contribution is -0.129. The Morgan fingerprint density at radius 2 is 1.86 bits per heavy atom. The fraction of sp³-hybridized carbons (Fsp3) is 0.312. The van der Waals surface area contributed by atoms with Gasteiger partial charge in [-0.15, -0.1) is 11.6 Å². The van der Waals surface area contributed by atoms with Crippen molar-refractivity contribution >= 4 is 17.5 Å². The molecule has 1 aromatic heterocycles. The first-order chi connectivity index (χ1) is 10.7. The number of furan rings is 1. The number of rotatable bonds is 7. The number of alkyl halides is 1. The maximum Gasteiger partial charge on any atom is 0.238 e. The van der Waals surface area contributed by atoms with Crippen LogP contribution in [0.25, 0.3) is 0 Å². The van der Waals surface area contributed by atoms with Crippen LogP contribution in [0.2, 0.25) is 0 Å². The summed E-state index contributed by atoms with van der Waals surface area (Å²) in [6, 6.07) is 7.38. The number of benzene rings is 1. The summed E-state index contributed by atoms with van der Waals surface area (Å²) in [7, 11) is 3.16. The molecule has 0 unspecified atom stereocenters. The van der Waals surface area contributed by atoms with Gasteiger partial charge in [0.05, 0.1) is 26.7 Å². The molecule has 6 heteroatoms. The number of nitrogens with zero attached hydrogens (tertiary/aromatic N) is 1. The largest absolute Gasteiger partial charge is 0.493 e. The molecule has 22 heavy (non-hydrogen) atoms. The molecule has 0 saturated carbocycles. The normalized spacial score (nSPS) is 10.3. The van der Waals surface area contributed by atoms with Crippen LogP contribution in [0.1, 0.15) is 11.1 Å². The first kappa shape index (κ1) is 16.2. The van der Waals surface area contributed by atoms with Crippen molar-refractivity contribution in [3.8, 4) is 11.5 Å². The Morgan fingerprint density at radius 3 is 2.45 bits per heavy atom. The van der Waals surface area contributed by atoms with E-state index in [-0.39, 0.29) is 11.8 Å². The van der Waals surface area contributed by atoms with Crippen molar-refractivity contribution in [2.45, 2.75) is 13.1 Å². The summed E-state index contributed by atoms with van der Waals surface area (Å²) in [6.45, 7) is 0.869. The molecule has 0 bridgehead atoms. The number of carbonyl (C=O) groups is 1. The quantitative estimate of drug-likeness (QED) is 0.735. The Balaban J connectivity index is 2.17. The Labute approximate surface area is 134 Å². The molecule has 0 fully saturated rings. The van der Waals surface area contributed by atoms with E-state index in [4.69, 9.17) is 25.5 Å². The van der Waals surface area contributed by atoms with Gasteiger partial charge >= 0.3 is 0 Å². The standard InChI is InChI=1S/C16H18ClNO4/c1-20-14-4-3-12(7-15(14)21-2)9-18(16(19)8-17)10-13-5-6-22-11-13/h3-7,11H,8-10H2,1-2H3. The molecular formula is C16H18ClNO4. The van der Waals surface area contributed by atoms with Gasteiger partial charge in [-0.3, -0.25) is 4.79 Å². The van der Waals surface area contributed by atoms with E-state index in [2.05, 4.69) is 0 Å². The lowest BCUT2D eigenvalue weighted by atomic mass is 10.1. The summed E-state index contributed by atoms with van der Waals surface area (Å²) in [5, 5.41) is 0. The monoisotopic (exact) mass is 323 g/mol. The van der Waals surface area contributed by atoms with Crippen molar-refractivity contribution in [3.05, 3.63) is 47.9 Å². The maximum atomic E-state index is 12.0. The van der Waals surface area contributed by atoms with Crippen LogP contribution in [-0.4, -0.2) is 30.9 Å². The number of halogens is 1. The third kappa shape index (κ3) is 3.95. The van der Waals surface area contributed by atoms with Gasteiger partial charge < -0.3 is 18.8 Å². The molecule has 118 valence electrons. The molecule has 0 atom stereocenters. The molecule has 5 nitrogen and oxygen atoms in total. The second-order valence-corrected chi connectivity index (χ2v) is 4.97. The molecular weight excluding hydrogens is 306 g/mol. The first-order valence-electron chi connectivity index (χ1n) is 6.73. The van der Waals surface area contributed by atoms with Crippen LogP contribution in [0, 0.1) is 0 Å². The number of hydrogen-bond acceptors (Lipinski definition) is 4. The average Bonchev–Trinajstić information content (AvgIpc) is 3.06. The Bertz CT molecular complexity index is 613. The van der Waals surface area contributed by atoms with Crippen molar-refractivity contribution < 1.29 is 18.7 Å². The molecule has 0 spiro atoms. The van der Waals surface area contributed by atoms with Gasteiger partial charge in [-0.1, -0.05) is 6.07 Å². The van der Waals surface area contributed by atoms with Crippen LogP contribution < -0.4 is 9.47 Å². The highest BCUT2D eigenvalue weighted by atomic mass is 35.5. The second-order valence-electron chi connectivity index (χ2n) is 4.70. The number of methoxy groups -OCH3 is 2. The summed E-state index contributed by atoms with van der Waals surface area (Å²) < 4.78 is 15.5. The molecule has 0 N–H and O–H groups in total. The van der Waals surface area contributed by atoms with Crippen LogP contribution in [0.3, 0.4) is 0 Å². The van der Waals surface area contributed by atoms with Crippen molar-refractivity contribution in [3.63, 3.8) is 0 Å². The number of ether oxygens (including phenoxy) is 2. The minimum Gasteiger partial charge on any atom is -0.493 e. The van der Waals surface area contributed by atoms with Gasteiger partial charge in [-0.25, -0.2) is 0 Å². The zero-order valence-corrected chi connectivity index (χ0v) is 13.3. The van der Waals surface area contributed by atoms with Gasteiger partial charge in [0.1, 0.15) is 5.88 Å². The maximum absolute atomic E-state index is 12.0. The van der Waals surface area contributed by atoms with Crippen molar-refractivity contribution in [2.24, 2.45) is 0 Å². The summed E-state index contributed by atoms with van der Waals surface area (Å²) in [4.78, 5) is 13.7. The van der Waals surface area contributed by atoms with Gasteiger partial charge in [0.15, 0.2) is 11.5 Å². The van der Waals surface area contributed by atoms with Gasteiger partial charge in [0.2, 0.25) is 5.91 Å². The predicted octanol–water partition coefficient (Wildman–Crippen LogP) is 3.06. The minimum absolute atomic E-state index is 0.0643. The van der Waals surface area contributed by atoms with Gasteiger partial charge in [0, 0.05) is 18.7 Å². The molecule has 2 aromatic rings. The van der Waals surface area contributed by atoms with Crippen molar-refractivity contribution in [1.29, 1.82) is 0 Å². The molecule has 0 aliphatic heterocycles. The lowest BCUT2D eigenvalue weighted by Gasteiger charge is -2.22. The average molecular weight is 324 g/mol. The van der Waals surface area contributed by atoms with E-state index in [0.29, 0.717) is 24.6 Å². The van der Waals surface area contributed by atoms with E-state index in [0.717, 1.165) is 11.1 Å². The molecule has 0 radical (unpaired) electrons. The summed E-state index contributed by atoms with van der Waals surface area (Å²) in [5.74, 6) is 1.07. The fourth-order valence-corrected chi connectivity index (χ4v) is 2.29. The topological polar surface area (TPSA) is 51.9 Å². The molecule has 1 aromatic carbocycles. The first-order valence-corrected chi connectivity index (χ1v) is 7.27. The molecule has 0 saturated heterocycles. The highest BCUT2D eigenvalue weighted by Crippen LogP contribution is 2.28. The van der Waals surface area contributed by atoms with Gasteiger partial charge in [-0.2, -0.15) is 0 Å². The Hall–Kier alpha value is -2.14. The Kier molecular flexibility index (Phi) is 5.72. The van der Waals surface area contributed by atoms with Crippen LogP contribution >= 0.6 is 11.6 Å². The SMILES string of the molecule is COc1ccc(CN(Cc2ccoc2)C(=O)CCl)cc1OC. The fourth-order valence-electron chi connectivity index (χ4n) is 2.12. The van der Waals surface area contributed by atoms with Crippen molar-refractivity contribution in [2.75, 3.05) is 20.1 Å². The second kappa shape index (κ2) is 7.75. The van der Waals surface area contributed by atoms with E-state index in [1.807, 2.05) is 24.3 Å². The number of amides is 1. The zero-order chi connectivity index (χ0) is 15.9. The van der Waals surface area contributed by atoms with Crippen LogP contribution in [0.15, 0.2) is 41.2 Å². The molecule has 2 rings (SSSR count). The van der Waals surface area contributed by atoms with Gasteiger partial charge in [0.25, 0.3) is 0 Å². The van der Waals surface area contributed by atoms with E-state index < -0.39 is 0 Å². The smallest absolute Gasteiger partial charge is 0.238 e. The lowest BCUT2D eigenvalue weighted by Crippen LogP contribution is -2.30. The third-order valence-corrected chi connectivity index (χ3v) is 3.47.